The first-order valence-electron chi connectivity index (χ1n) is 6.33. The minimum atomic E-state index is -0.0346. The molecule has 1 aromatic carbocycles. The first-order valence-corrected chi connectivity index (χ1v) is 7.12. The molecule has 1 aromatic rings. The summed E-state index contributed by atoms with van der Waals surface area (Å²) in [6.07, 6.45) is 3.07. The van der Waals surface area contributed by atoms with Gasteiger partial charge in [0.15, 0.2) is 0 Å². The number of piperidine rings is 1. The van der Waals surface area contributed by atoms with Crippen LogP contribution in [0.1, 0.15) is 18.4 Å². The Morgan fingerprint density at radius 1 is 1.50 bits per heavy atom. The van der Waals surface area contributed by atoms with Crippen molar-refractivity contribution in [3.63, 3.8) is 0 Å². The van der Waals surface area contributed by atoms with Crippen molar-refractivity contribution in [2.75, 3.05) is 26.8 Å². The molecule has 0 radical (unpaired) electrons. The highest BCUT2D eigenvalue weighted by Crippen LogP contribution is 2.34. The van der Waals surface area contributed by atoms with Gasteiger partial charge < -0.3 is 15.2 Å². The Bertz CT molecular complexity index is 403. The van der Waals surface area contributed by atoms with Crippen molar-refractivity contribution in [1.29, 1.82) is 0 Å². The van der Waals surface area contributed by atoms with Gasteiger partial charge in [-0.3, -0.25) is 0 Å². The van der Waals surface area contributed by atoms with Gasteiger partial charge >= 0.3 is 0 Å². The van der Waals surface area contributed by atoms with E-state index in [1.165, 1.54) is 5.56 Å². The molecule has 4 heteroatoms. The first kappa shape index (κ1) is 13.8. The van der Waals surface area contributed by atoms with Gasteiger partial charge in [-0.25, -0.2) is 0 Å². The van der Waals surface area contributed by atoms with Crippen molar-refractivity contribution < 1.29 is 9.84 Å². The second-order valence-electron chi connectivity index (χ2n) is 5.07. The van der Waals surface area contributed by atoms with Crippen molar-refractivity contribution >= 4 is 15.9 Å². The van der Waals surface area contributed by atoms with Crippen LogP contribution in [0, 0.1) is 5.41 Å². The molecule has 1 heterocycles. The molecule has 2 rings (SSSR count). The van der Waals surface area contributed by atoms with Gasteiger partial charge in [-0.15, -0.1) is 0 Å². The zero-order chi connectivity index (χ0) is 13.0. The largest absolute Gasteiger partial charge is 0.497 e. The summed E-state index contributed by atoms with van der Waals surface area (Å²) < 4.78 is 6.35. The Morgan fingerprint density at radius 3 is 2.94 bits per heavy atom. The highest BCUT2D eigenvalue weighted by atomic mass is 79.9. The van der Waals surface area contributed by atoms with Crippen LogP contribution in [-0.4, -0.2) is 31.9 Å². The molecule has 1 saturated heterocycles. The number of methoxy groups -OCH3 is 1. The van der Waals surface area contributed by atoms with E-state index in [9.17, 15) is 5.11 Å². The number of hydrogen-bond donors (Lipinski definition) is 2. The topological polar surface area (TPSA) is 41.5 Å². The molecule has 0 amide bonds. The molecule has 100 valence electrons. The minimum absolute atomic E-state index is 0.0346. The summed E-state index contributed by atoms with van der Waals surface area (Å²) in [6, 6.07) is 6.00. The number of aliphatic hydroxyl groups is 1. The molecule has 1 aliphatic rings. The van der Waals surface area contributed by atoms with E-state index in [0.29, 0.717) is 0 Å². The van der Waals surface area contributed by atoms with E-state index in [1.54, 1.807) is 7.11 Å². The van der Waals surface area contributed by atoms with E-state index in [1.807, 2.05) is 12.1 Å². The summed E-state index contributed by atoms with van der Waals surface area (Å²) in [5, 5.41) is 13.1. The molecule has 1 aliphatic heterocycles. The van der Waals surface area contributed by atoms with Crippen LogP contribution in [0.4, 0.5) is 0 Å². The number of nitrogens with one attached hydrogen (secondary N) is 1. The third-order valence-corrected chi connectivity index (χ3v) is 4.49. The maximum atomic E-state index is 9.73. The van der Waals surface area contributed by atoms with Gasteiger partial charge in [-0.05, 0) is 49.6 Å². The number of rotatable bonds is 4. The third kappa shape index (κ3) is 3.05. The molecular weight excluding hydrogens is 294 g/mol. The molecular formula is C14H20BrNO2. The van der Waals surface area contributed by atoms with Crippen LogP contribution < -0.4 is 10.1 Å². The van der Waals surface area contributed by atoms with E-state index < -0.39 is 0 Å². The number of benzene rings is 1. The van der Waals surface area contributed by atoms with Gasteiger partial charge in [0.25, 0.3) is 0 Å². The fourth-order valence-electron chi connectivity index (χ4n) is 2.59. The monoisotopic (exact) mass is 313 g/mol. The van der Waals surface area contributed by atoms with Crippen molar-refractivity contribution in [2.24, 2.45) is 5.41 Å². The SMILES string of the molecule is COc1ccc(Br)c(CC2(CO)CCCNC2)c1. The fraction of sp³-hybridized carbons (Fsp3) is 0.571. The molecule has 0 saturated carbocycles. The Hall–Kier alpha value is -0.580. The molecule has 1 fully saturated rings. The predicted octanol–water partition coefficient (Wildman–Crippen LogP) is 2.36. The Balaban J connectivity index is 2.20. The summed E-state index contributed by atoms with van der Waals surface area (Å²) in [6.45, 7) is 2.16. The quantitative estimate of drug-likeness (QED) is 0.896. The lowest BCUT2D eigenvalue weighted by Crippen LogP contribution is -2.44. The Labute approximate surface area is 117 Å². The Kier molecular flexibility index (Phi) is 4.65. The van der Waals surface area contributed by atoms with Crippen LogP contribution in [0.5, 0.6) is 5.75 Å². The van der Waals surface area contributed by atoms with Crippen molar-refractivity contribution in [3.05, 3.63) is 28.2 Å². The second-order valence-corrected chi connectivity index (χ2v) is 5.93. The van der Waals surface area contributed by atoms with Gasteiger partial charge in [-0.2, -0.15) is 0 Å². The van der Waals surface area contributed by atoms with Gasteiger partial charge in [0.2, 0.25) is 0 Å². The zero-order valence-electron chi connectivity index (χ0n) is 10.7. The molecule has 0 spiro atoms. The van der Waals surface area contributed by atoms with Gasteiger partial charge in [0.1, 0.15) is 5.75 Å². The summed E-state index contributed by atoms with van der Waals surface area (Å²) in [7, 11) is 1.68. The normalized spacial score (nSPS) is 23.9. The van der Waals surface area contributed by atoms with Crippen LogP contribution in [0.15, 0.2) is 22.7 Å². The van der Waals surface area contributed by atoms with Gasteiger partial charge in [-0.1, -0.05) is 15.9 Å². The number of aliphatic hydroxyl groups excluding tert-OH is 1. The summed E-state index contributed by atoms with van der Waals surface area (Å²) in [4.78, 5) is 0. The van der Waals surface area contributed by atoms with Crippen LogP contribution in [0.3, 0.4) is 0 Å². The molecule has 0 aliphatic carbocycles. The van der Waals surface area contributed by atoms with E-state index >= 15 is 0 Å². The van der Waals surface area contributed by atoms with Gasteiger partial charge in [0, 0.05) is 16.4 Å². The van der Waals surface area contributed by atoms with Crippen LogP contribution >= 0.6 is 15.9 Å². The number of halogens is 1. The Morgan fingerprint density at radius 2 is 2.33 bits per heavy atom. The number of ether oxygens (including phenoxy) is 1. The molecule has 1 atom stereocenters. The lowest BCUT2D eigenvalue weighted by molar-refractivity contribution is 0.0946. The lowest BCUT2D eigenvalue weighted by atomic mass is 9.76. The van der Waals surface area contributed by atoms with E-state index in [0.717, 1.165) is 42.6 Å². The average Bonchev–Trinajstić information content (AvgIpc) is 2.42. The summed E-state index contributed by atoms with van der Waals surface area (Å²) in [5.74, 6) is 0.866. The van der Waals surface area contributed by atoms with E-state index in [2.05, 4.69) is 27.3 Å². The predicted molar refractivity (Wildman–Crippen MR) is 76.0 cm³/mol. The fourth-order valence-corrected chi connectivity index (χ4v) is 2.98. The molecule has 3 nitrogen and oxygen atoms in total. The van der Waals surface area contributed by atoms with Crippen LogP contribution in [0.2, 0.25) is 0 Å². The smallest absolute Gasteiger partial charge is 0.119 e. The standard InChI is InChI=1S/C14H20BrNO2/c1-18-12-3-4-13(15)11(7-12)8-14(10-17)5-2-6-16-9-14/h3-4,7,16-17H,2,5-6,8-10H2,1H3. The molecule has 2 N–H and O–H groups in total. The average molecular weight is 314 g/mol. The molecule has 18 heavy (non-hydrogen) atoms. The molecule has 0 aromatic heterocycles. The van der Waals surface area contributed by atoms with Crippen molar-refractivity contribution in [3.8, 4) is 5.75 Å². The van der Waals surface area contributed by atoms with E-state index in [4.69, 9.17) is 4.74 Å². The highest BCUT2D eigenvalue weighted by Gasteiger charge is 2.32. The van der Waals surface area contributed by atoms with Crippen molar-refractivity contribution in [2.45, 2.75) is 19.3 Å². The number of hydrogen-bond acceptors (Lipinski definition) is 3. The first-order chi connectivity index (χ1) is 8.69. The maximum absolute atomic E-state index is 9.73. The highest BCUT2D eigenvalue weighted by molar-refractivity contribution is 9.10. The third-order valence-electron chi connectivity index (χ3n) is 3.71. The van der Waals surface area contributed by atoms with E-state index in [-0.39, 0.29) is 12.0 Å². The maximum Gasteiger partial charge on any atom is 0.119 e. The second kappa shape index (κ2) is 6.04. The van der Waals surface area contributed by atoms with Crippen LogP contribution in [-0.2, 0) is 6.42 Å². The molecule has 1 unspecified atom stereocenters. The lowest BCUT2D eigenvalue weighted by Gasteiger charge is -2.36. The summed E-state index contributed by atoms with van der Waals surface area (Å²) >= 11 is 3.58. The van der Waals surface area contributed by atoms with Gasteiger partial charge in [0.05, 0.1) is 13.7 Å². The minimum Gasteiger partial charge on any atom is -0.497 e. The van der Waals surface area contributed by atoms with Crippen LogP contribution in [0.25, 0.3) is 0 Å². The summed E-state index contributed by atoms with van der Waals surface area (Å²) in [5.41, 5.74) is 1.17. The van der Waals surface area contributed by atoms with Crippen molar-refractivity contribution in [1.82, 2.24) is 5.32 Å². The molecule has 0 bridgehead atoms. The zero-order valence-corrected chi connectivity index (χ0v) is 12.3.